The van der Waals surface area contributed by atoms with Gasteiger partial charge in [-0.05, 0) is 55.8 Å². The van der Waals surface area contributed by atoms with E-state index in [1.165, 1.54) is 38.5 Å². The van der Waals surface area contributed by atoms with Crippen molar-refractivity contribution in [2.45, 2.75) is 52.4 Å². The van der Waals surface area contributed by atoms with Gasteiger partial charge in [0.05, 0.1) is 0 Å². The molecule has 3 saturated carbocycles. The van der Waals surface area contributed by atoms with E-state index >= 15 is 0 Å². The molecule has 0 saturated heterocycles. The molecule has 0 aromatic heterocycles. The van der Waals surface area contributed by atoms with Crippen LogP contribution in [-0.4, -0.2) is 5.78 Å². The van der Waals surface area contributed by atoms with Gasteiger partial charge in [-0.2, -0.15) is 0 Å². The standard InChI is InChI=1S/C15H24O/c1-9-5-13(6-10(2)15(9)16)14-8-11-3-4-12(14)7-11/h9-14H,3-8H2,1-2H3/t9-,10-,11+,12+,14+/m0/s1. The second-order valence-electron chi connectivity index (χ2n) is 6.77. The van der Waals surface area contributed by atoms with Crippen molar-refractivity contribution in [1.29, 1.82) is 0 Å². The summed E-state index contributed by atoms with van der Waals surface area (Å²) in [5.41, 5.74) is 0. The Labute approximate surface area is 99.0 Å². The maximum atomic E-state index is 11.8. The normalized spacial score (nSPS) is 52.2. The predicted molar refractivity (Wildman–Crippen MR) is 65.0 cm³/mol. The monoisotopic (exact) mass is 220 g/mol. The molecule has 0 amide bonds. The zero-order chi connectivity index (χ0) is 11.3. The third-order valence-corrected chi connectivity index (χ3v) is 5.68. The molecule has 1 nitrogen and oxygen atoms in total. The molecule has 5 atom stereocenters. The van der Waals surface area contributed by atoms with Crippen molar-refractivity contribution < 1.29 is 4.79 Å². The number of rotatable bonds is 1. The fourth-order valence-electron chi connectivity index (χ4n) is 4.94. The molecule has 2 bridgehead atoms. The molecule has 90 valence electrons. The van der Waals surface area contributed by atoms with Gasteiger partial charge in [-0.3, -0.25) is 4.79 Å². The molecule has 0 aromatic carbocycles. The molecular weight excluding hydrogens is 196 g/mol. The van der Waals surface area contributed by atoms with Gasteiger partial charge in [-0.25, -0.2) is 0 Å². The third-order valence-electron chi connectivity index (χ3n) is 5.68. The Balaban J connectivity index is 1.69. The summed E-state index contributed by atoms with van der Waals surface area (Å²) in [6.45, 7) is 4.30. The van der Waals surface area contributed by atoms with Crippen molar-refractivity contribution in [2.24, 2.45) is 35.5 Å². The molecule has 1 heteroatoms. The number of hydrogen-bond donors (Lipinski definition) is 0. The van der Waals surface area contributed by atoms with E-state index in [1.54, 1.807) is 0 Å². The highest BCUT2D eigenvalue weighted by atomic mass is 16.1. The minimum atomic E-state index is 0.341. The van der Waals surface area contributed by atoms with Crippen LogP contribution in [0.25, 0.3) is 0 Å². The number of fused-ring (bicyclic) bond motifs is 2. The number of hydrogen-bond acceptors (Lipinski definition) is 1. The summed E-state index contributed by atoms with van der Waals surface area (Å²) >= 11 is 0. The molecule has 16 heavy (non-hydrogen) atoms. The van der Waals surface area contributed by atoms with Gasteiger partial charge in [0.2, 0.25) is 0 Å². The van der Waals surface area contributed by atoms with Crippen LogP contribution in [0, 0.1) is 35.5 Å². The topological polar surface area (TPSA) is 17.1 Å². The van der Waals surface area contributed by atoms with Crippen LogP contribution in [0.4, 0.5) is 0 Å². The Kier molecular flexibility index (Phi) is 2.60. The molecular formula is C15H24O. The Hall–Kier alpha value is -0.330. The van der Waals surface area contributed by atoms with Gasteiger partial charge in [-0.15, -0.1) is 0 Å². The van der Waals surface area contributed by atoms with Crippen LogP contribution in [0.5, 0.6) is 0 Å². The van der Waals surface area contributed by atoms with Gasteiger partial charge in [0.1, 0.15) is 5.78 Å². The number of ketones is 1. The van der Waals surface area contributed by atoms with E-state index in [9.17, 15) is 4.79 Å². The van der Waals surface area contributed by atoms with Gasteiger partial charge in [0.15, 0.2) is 0 Å². The Morgan fingerprint density at radius 1 is 0.875 bits per heavy atom. The first-order chi connectivity index (χ1) is 7.65. The van der Waals surface area contributed by atoms with E-state index < -0.39 is 0 Å². The minimum Gasteiger partial charge on any atom is -0.299 e. The van der Waals surface area contributed by atoms with Gasteiger partial charge in [0, 0.05) is 11.8 Å². The molecule has 3 aliphatic rings. The van der Waals surface area contributed by atoms with Crippen molar-refractivity contribution in [3.8, 4) is 0 Å². The van der Waals surface area contributed by atoms with E-state index in [-0.39, 0.29) is 0 Å². The Bertz CT molecular complexity index is 282. The fourth-order valence-corrected chi connectivity index (χ4v) is 4.94. The molecule has 0 spiro atoms. The molecule has 0 unspecified atom stereocenters. The van der Waals surface area contributed by atoms with E-state index in [0.717, 1.165) is 23.7 Å². The third kappa shape index (κ3) is 1.63. The lowest BCUT2D eigenvalue weighted by atomic mass is 9.67. The maximum Gasteiger partial charge on any atom is 0.138 e. The summed E-state index contributed by atoms with van der Waals surface area (Å²) in [7, 11) is 0. The maximum absolute atomic E-state index is 11.8. The largest absolute Gasteiger partial charge is 0.299 e. The minimum absolute atomic E-state index is 0.341. The van der Waals surface area contributed by atoms with E-state index in [2.05, 4.69) is 13.8 Å². The van der Waals surface area contributed by atoms with Crippen LogP contribution >= 0.6 is 0 Å². The molecule has 0 aliphatic heterocycles. The summed E-state index contributed by atoms with van der Waals surface area (Å²) in [4.78, 5) is 11.8. The first-order valence-corrected chi connectivity index (χ1v) is 7.19. The van der Waals surface area contributed by atoms with Gasteiger partial charge in [0.25, 0.3) is 0 Å². The Morgan fingerprint density at radius 2 is 1.56 bits per heavy atom. The highest BCUT2D eigenvalue weighted by molar-refractivity contribution is 5.83. The SMILES string of the molecule is C[C@H]1CC([C@@H]2C[C@@H]3CC[C@@H]2C3)C[C@H](C)C1=O. The number of carbonyl (C=O) groups is 1. The smallest absolute Gasteiger partial charge is 0.138 e. The van der Waals surface area contributed by atoms with Crippen molar-refractivity contribution in [1.82, 2.24) is 0 Å². The molecule has 0 aromatic rings. The second-order valence-corrected chi connectivity index (χ2v) is 6.77. The first kappa shape index (κ1) is 10.8. The van der Waals surface area contributed by atoms with Crippen LogP contribution < -0.4 is 0 Å². The van der Waals surface area contributed by atoms with E-state index in [1.807, 2.05) is 0 Å². The molecule has 3 fully saturated rings. The molecule has 0 N–H and O–H groups in total. The number of carbonyl (C=O) groups excluding carboxylic acids is 1. The van der Waals surface area contributed by atoms with Crippen LogP contribution in [0.1, 0.15) is 52.4 Å². The number of Topliss-reactive ketones (excluding diaryl/α,β-unsaturated/α-hetero) is 1. The zero-order valence-electron chi connectivity index (χ0n) is 10.6. The highest BCUT2D eigenvalue weighted by Gasteiger charge is 2.45. The highest BCUT2D eigenvalue weighted by Crippen LogP contribution is 2.54. The molecule has 3 aliphatic carbocycles. The quantitative estimate of drug-likeness (QED) is 0.659. The lowest BCUT2D eigenvalue weighted by molar-refractivity contribution is -0.130. The van der Waals surface area contributed by atoms with Crippen molar-refractivity contribution in [3.05, 3.63) is 0 Å². The summed E-state index contributed by atoms with van der Waals surface area (Å²) < 4.78 is 0. The molecule has 0 radical (unpaired) electrons. The summed E-state index contributed by atoms with van der Waals surface area (Å²) in [6.07, 6.45) is 8.37. The van der Waals surface area contributed by atoms with Gasteiger partial charge >= 0.3 is 0 Å². The van der Waals surface area contributed by atoms with Crippen LogP contribution in [0.2, 0.25) is 0 Å². The fraction of sp³-hybridized carbons (Fsp3) is 0.933. The zero-order valence-corrected chi connectivity index (χ0v) is 10.6. The molecule has 3 rings (SSSR count). The van der Waals surface area contributed by atoms with Gasteiger partial charge in [-0.1, -0.05) is 20.3 Å². The molecule has 0 heterocycles. The van der Waals surface area contributed by atoms with Crippen LogP contribution in [-0.2, 0) is 4.79 Å². The van der Waals surface area contributed by atoms with Crippen molar-refractivity contribution >= 4 is 5.78 Å². The first-order valence-electron chi connectivity index (χ1n) is 7.19. The lowest BCUT2D eigenvalue weighted by Gasteiger charge is -2.37. The summed E-state index contributed by atoms with van der Waals surface area (Å²) in [5.74, 6) is 5.15. The Morgan fingerprint density at radius 3 is 2.06 bits per heavy atom. The summed E-state index contributed by atoms with van der Waals surface area (Å²) in [5, 5.41) is 0. The van der Waals surface area contributed by atoms with Crippen LogP contribution in [0.3, 0.4) is 0 Å². The summed E-state index contributed by atoms with van der Waals surface area (Å²) in [6, 6.07) is 0. The predicted octanol–water partition coefficient (Wildman–Crippen LogP) is 3.67. The van der Waals surface area contributed by atoms with Crippen LogP contribution in [0.15, 0.2) is 0 Å². The van der Waals surface area contributed by atoms with Crippen molar-refractivity contribution in [2.75, 3.05) is 0 Å². The van der Waals surface area contributed by atoms with E-state index in [4.69, 9.17) is 0 Å². The van der Waals surface area contributed by atoms with E-state index in [0.29, 0.717) is 17.6 Å². The second kappa shape index (κ2) is 3.85. The average Bonchev–Trinajstić information content (AvgIpc) is 2.86. The average molecular weight is 220 g/mol. The van der Waals surface area contributed by atoms with Crippen molar-refractivity contribution in [3.63, 3.8) is 0 Å². The lowest BCUT2D eigenvalue weighted by Crippen LogP contribution is -2.34. The van der Waals surface area contributed by atoms with Gasteiger partial charge < -0.3 is 0 Å².